The van der Waals surface area contributed by atoms with Crippen molar-refractivity contribution in [1.29, 1.82) is 0 Å². The Morgan fingerprint density at radius 3 is 2.83 bits per heavy atom. The summed E-state index contributed by atoms with van der Waals surface area (Å²) in [5.41, 5.74) is 3.71. The van der Waals surface area contributed by atoms with Crippen LogP contribution in [0.3, 0.4) is 0 Å². The Morgan fingerprint density at radius 1 is 1.22 bits per heavy atom. The summed E-state index contributed by atoms with van der Waals surface area (Å²) in [6.45, 7) is 5.61. The second-order valence-corrected chi connectivity index (χ2v) is 6.96. The molecule has 6 heteroatoms. The SMILES string of the molecule is Cc1cc(C)n(-c2ccccc2NC(=O)N2CCCSCC2)n1. The number of para-hydroxylation sites is 2. The molecule has 2 aromatic rings. The van der Waals surface area contributed by atoms with E-state index in [9.17, 15) is 4.79 Å². The van der Waals surface area contributed by atoms with Crippen LogP contribution in [-0.4, -0.2) is 45.3 Å². The fraction of sp³-hybridized carbons (Fsp3) is 0.412. The molecule has 0 atom stereocenters. The van der Waals surface area contributed by atoms with Crippen LogP contribution < -0.4 is 5.32 Å². The first-order chi connectivity index (χ1) is 11.1. The first kappa shape index (κ1) is 15.9. The lowest BCUT2D eigenvalue weighted by atomic mass is 10.2. The van der Waals surface area contributed by atoms with Gasteiger partial charge in [0.15, 0.2) is 0 Å². The predicted octanol–water partition coefficient (Wildman–Crippen LogP) is 3.46. The molecule has 1 saturated heterocycles. The summed E-state index contributed by atoms with van der Waals surface area (Å²) >= 11 is 1.91. The van der Waals surface area contributed by atoms with E-state index in [2.05, 4.69) is 10.4 Å². The fourth-order valence-electron chi connectivity index (χ4n) is 2.78. The van der Waals surface area contributed by atoms with Crippen LogP contribution in [0, 0.1) is 13.8 Å². The number of amides is 2. The van der Waals surface area contributed by atoms with E-state index in [0.717, 1.165) is 53.8 Å². The van der Waals surface area contributed by atoms with Gasteiger partial charge in [0.2, 0.25) is 0 Å². The number of hydrogen-bond acceptors (Lipinski definition) is 3. The fourth-order valence-corrected chi connectivity index (χ4v) is 3.67. The van der Waals surface area contributed by atoms with Crippen molar-refractivity contribution >= 4 is 23.5 Å². The van der Waals surface area contributed by atoms with Gasteiger partial charge in [-0.05, 0) is 44.2 Å². The molecule has 3 rings (SSSR count). The van der Waals surface area contributed by atoms with Gasteiger partial charge in [0.05, 0.1) is 17.1 Å². The number of hydrogen-bond donors (Lipinski definition) is 1. The molecule has 1 N–H and O–H groups in total. The summed E-state index contributed by atoms with van der Waals surface area (Å²) in [7, 11) is 0. The van der Waals surface area contributed by atoms with E-state index in [1.165, 1.54) is 0 Å². The quantitative estimate of drug-likeness (QED) is 0.917. The van der Waals surface area contributed by atoms with Crippen LogP contribution in [0.4, 0.5) is 10.5 Å². The standard InChI is InChI=1S/C17H22N4OS/c1-13-12-14(2)21(19-13)16-7-4-3-6-15(16)18-17(22)20-8-5-10-23-11-9-20/h3-4,6-7,12H,5,8-11H2,1-2H3,(H,18,22). The van der Waals surface area contributed by atoms with Gasteiger partial charge >= 0.3 is 6.03 Å². The van der Waals surface area contributed by atoms with Crippen molar-refractivity contribution in [1.82, 2.24) is 14.7 Å². The number of thioether (sulfide) groups is 1. The highest BCUT2D eigenvalue weighted by atomic mass is 32.2. The highest BCUT2D eigenvalue weighted by Gasteiger charge is 2.17. The summed E-state index contributed by atoms with van der Waals surface area (Å²) in [5, 5.41) is 7.58. The average molecular weight is 330 g/mol. The summed E-state index contributed by atoms with van der Waals surface area (Å²) in [4.78, 5) is 14.5. The maximum atomic E-state index is 12.6. The van der Waals surface area contributed by atoms with Crippen LogP contribution in [0.15, 0.2) is 30.3 Å². The molecule has 5 nitrogen and oxygen atoms in total. The molecular formula is C17H22N4OS. The number of benzene rings is 1. The van der Waals surface area contributed by atoms with Crippen molar-refractivity contribution in [3.8, 4) is 5.69 Å². The van der Waals surface area contributed by atoms with Gasteiger partial charge in [-0.1, -0.05) is 12.1 Å². The van der Waals surface area contributed by atoms with E-state index in [0.29, 0.717) is 0 Å². The monoisotopic (exact) mass is 330 g/mol. The molecule has 1 aromatic carbocycles. The van der Waals surface area contributed by atoms with Crippen LogP contribution in [0.1, 0.15) is 17.8 Å². The van der Waals surface area contributed by atoms with Gasteiger partial charge in [-0.25, -0.2) is 9.48 Å². The van der Waals surface area contributed by atoms with Crippen molar-refractivity contribution in [2.75, 3.05) is 29.9 Å². The van der Waals surface area contributed by atoms with Gasteiger partial charge < -0.3 is 10.2 Å². The van der Waals surface area contributed by atoms with E-state index in [-0.39, 0.29) is 6.03 Å². The minimum atomic E-state index is -0.0264. The van der Waals surface area contributed by atoms with Gasteiger partial charge in [0.1, 0.15) is 0 Å². The molecule has 0 bridgehead atoms. The maximum Gasteiger partial charge on any atom is 0.321 e. The van der Waals surface area contributed by atoms with E-state index in [1.807, 2.05) is 65.5 Å². The van der Waals surface area contributed by atoms with Gasteiger partial charge in [0, 0.05) is 24.5 Å². The third kappa shape index (κ3) is 3.69. The lowest BCUT2D eigenvalue weighted by Gasteiger charge is -2.21. The third-order valence-corrected chi connectivity index (χ3v) is 4.94. The summed E-state index contributed by atoms with van der Waals surface area (Å²) in [6.07, 6.45) is 1.05. The Bertz CT molecular complexity index is 690. The lowest BCUT2D eigenvalue weighted by Crippen LogP contribution is -2.36. The number of carbonyl (C=O) groups excluding carboxylic acids is 1. The lowest BCUT2D eigenvalue weighted by molar-refractivity contribution is 0.216. The van der Waals surface area contributed by atoms with E-state index >= 15 is 0 Å². The molecule has 2 amide bonds. The smallest absolute Gasteiger partial charge is 0.321 e. The van der Waals surface area contributed by atoms with Crippen molar-refractivity contribution in [3.05, 3.63) is 41.7 Å². The van der Waals surface area contributed by atoms with Gasteiger partial charge in [-0.3, -0.25) is 0 Å². The van der Waals surface area contributed by atoms with Crippen molar-refractivity contribution < 1.29 is 4.79 Å². The Morgan fingerprint density at radius 2 is 2.04 bits per heavy atom. The Hall–Kier alpha value is -1.95. The normalized spacial score (nSPS) is 15.3. The van der Waals surface area contributed by atoms with Gasteiger partial charge in [-0.15, -0.1) is 0 Å². The predicted molar refractivity (Wildman–Crippen MR) is 95.6 cm³/mol. The van der Waals surface area contributed by atoms with Crippen LogP contribution in [-0.2, 0) is 0 Å². The minimum absolute atomic E-state index is 0.0264. The van der Waals surface area contributed by atoms with Crippen LogP contribution in [0.2, 0.25) is 0 Å². The second-order valence-electron chi connectivity index (χ2n) is 5.74. The van der Waals surface area contributed by atoms with Crippen molar-refractivity contribution in [3.63, 3.8) is 0 Å². The number of anilines is 1. The second kappa shape index (κ2) is 7.08. The third-order valence-electron chi connectivity index (χ3n) is 3.89. The molecule has 1 aliphatic heterocycles. The zero-order valence-electron chi connectivity index (χ0n) is 13.6. The molecule has 0 aliphatic carbocycles. The molecule has 0 spiro atoms. The van der Waals surface area contributed by atoms with Gasteiger partial charge in [0.25, 0.3) is 0 Å². The molecule has 0 unspecified atom stereocenters. The van der Waals surface area contributed by atoms with Crippen molar-refractivity contribution in [2.45, 2.75) is 20.3 Å². The first-order valence-electron chi connectivity index (χ1n) is 7.91. The molecule has 1 fully saturated rings. The number of nitrogens with one attached hydrogen (secondary N) is 1. The maximum absolute atomic E-state index is 12.6. The Balaban J connectivity index is 1.83. The van der Waals surface area contributed by atoms with Crippen LogP contribution >= 0.6 is 11.8 Å². The summed E-state index contributed by atoms with van der Waals surface area (Å²) in [6, 6.07) is 9.81. The average Bonchev–Trinajstić information content (AvgIpc) is 2.75. The molecule has 0 saturated carbocycles. The molecule has 122 valence electrons. The van der Waals surface area contributed by atoms with Crippen LogP contribution in [0.5, 0.6) is 0 Å². The molecule has 23 heavy (non-hydrogen) atoms. The number of aryl methyl sites for hydroxylation is 2. The molecule has 1 aliphatic rings. The molecule has 1 aromatic heterocycles. The summed E-state index contributed by atoms with van der Waals surface area (Å²) < 4.78 is 1.88. The zero-order chi connectivity index (χ0) is 16.2. The largest absolute Gasteiger partial charge is 0.324 e. The topological polar surface area (TPSA) is 50.2 Å². The highest BCUT2D eigenvalue weighted by molar-refractivity contribution is 7.99. The first-order valence-corrected chi connectivity index (χ1v) is 9.07. The van der Waals surface area contributed by atoms with E-state index in [4.69, 9.17) is 0 Å². The Kier molecular flexibility index (Phi) is 4.91. The number of urea groups is 1. The van der Waals surface area contributed by atoms with Crippen molar-refractivity contribution in [2.24, 2.45) is 0 Å². The number of nitrogens with zero attached hydrogens (tertiary/aromatic N) is 3. The van der Waals surface area contributed by atoms with E-state index < -0.39 is 0 Å². The minimum Gasteiger partial charge on any atom is -0.324 e. The van der Waals surface area contributed by atoms with Crippen LogP contribution in [0.25, 0.3) is 5.69 Å². The number of aromatic nitrogens is 2. The molecule has 2 heterocycles. The van der Waals surface area contributed by atoms with Gasteiger partial charge in [-0.2, -0.15) is 16.9 Å². The zero-order valence-corrected chi connectivity index (χ0v) is 14.4. The Labute approximate surface area is 141 Å². The van der Waals surface area contributed by atoms with E-state index in [1.54, 1.807) is 0 Å². The molecule has 0 radical (unpaired) electrons. The summed E-state index contributed by atoms with van der Waals surface area (Å²) in [5.74, 6) is 2.14. The highest BCUT2D eigenvalue weighted by Crippen LogP contribution is 2.22. The number of carbonyl (C=O) groups is 1. The molecular weight excluding hydrogens is 308 g/mol. The number of rotatable bonds is 2.